The zero-order valence-electron chi connectivity index (χ0n) is 6.50. The smallest absolute Gasteiger partial charge is 0.288 e. The van der Waals surface area contributed by atoms with Crippen molar-refractivity contribution in [1.82, 2.24) is 0 Å². The zero-order valence-corrected chi connectivity index (χ0v) is 7.31. The van der Waals surface area contributed by atoms with Crippen molar-refractivity contribution in [2.45, 2.75) is 10.7 Å². The average Bonchev–Trinajstić information content (AvgIpc) is 2.49. The van der Waals surface area contributed by atoms with Crippen molar-refractivity contribution in [1.29, 1.82) is 0 Å². The van der Waals surface area contributed by atoms with Crippen LogP contribution in [0.1, 0.15) is 0 Å². The minimum absolute atomic E-state index is 0.165. The predicted octanol–water partition coefficient (Wildman–Crippen LogP) is 2.73. The molecule has 0 saturated heterocycles. The SMILES string of the molecule is FC(F)Sc1ccc2c(c1)OCO2. The Balaban J connectivity index is 2.21. The second-order valence-electron chi connectivity index (χ2n) is 2.39. The molecule has 70 valence electrons. The summed E-state index contributed by atoms with van der Waals surface area (Å²) >= 11 is 0.496. The van der Waals surface area contributed by atoms with E-state index in [2.05, 4.69) is 0 Å². The average molecular weight is 204 g/mol. The summed E-state index contributed by atoms with van der Waals surface area (Å²) < 4.78 is 34.0. The summed E-state index contributed by atoms with van der Waals surface area (Å²) in [7, 11) is 0. The second-order valence-corrected chi connectivity index (χ2v) is 3.46. The summed E-state index contributed by atoms with van der Waals surface area (Å²) in [5.41, 5.74) is 0. The van der Waals surface area contributed by atoms with Gasteiger partial charge in [0.2, 0.25) is 6.79 Å². The molecule has 0 fully saturated rings. The minimum atomic E-state index is -2.40. The van der Waals surface area contributed by atoms with Crippen molar-refractivity contribution >= 4 is 11.8 Å². The maximum Gasteiger partial charge on any atom is 0.288 e. The lowest BCUT2D eigenvalue weighted by molar-refractivity contribution is 0.174. The Morgan fingerprint density at radius 3 is 2.77 bits per heavy atom. The number of benzene rings is 1. The van der Waals surface area contributed by atoms with Gasteiger partial charge in [0, 0.05) is 4.90 Å². The fourth-order valence-corrected chi connectivity index (χ4v) is 1.58. The van der Waals surface area contributed by atoms with Crippen LogP contribution in [-0.2, 0) is 0 Å². The van der Waals surface area contributed by atoms with Gasteiger partial charge in [-0.05, 0) is 18.2 Å². The summed E-state index contributed by atoms with van der Waals surface area (Å²) in [6.07, 6.45) is 0. The summed E-state index contributed by atoms with van der Waals surface area (Å²) in [5.74, 6) is -1.26. The molecule has 1 heterocycles. The first-order valence-electron chi connectivity index (χ1n) is 3.60. The molecule has 0 atom stereocenters. The largest absolute Gasteiger partial charge is 0.454 e. The van der Waals surface area contributed by atoms with E-state index in [1.54, 1.807) is 18.2 Å². The van der Waals surface area contributed by atoms with Gasteiger partial charge in [-0.15, -0.1) is 0 Å². The van der Waals surface area contributed by atoms with Crippen LogP contribution < -0.4 is 9.47 Å². The van der Waals surface area contributed by atoms with Gasteiger partial charge in [-0.2, -0.15) is 8.78 Å². The molecule has 0 N–H and O–H groups in total. The van der Waals surface area contributed by atoms with Gasteiger partial charge in [0.05, 0.1) is 0 Å². The maximum absolute atomic E-state index is 12.0. The molecule has 1 aromatic rings. The predicted molar refractivity (Wildman–Crippen MR) is 44.4 cm³/mol. The summed E-state index contributed by atoms with van der Waals surface area (Å²) in [6.45, 7) is 0.165. The molecule has 1 aliphatic heterocycles. The summed E-state index contributed by atoms with van der Waals surface area (Å²) in [4.78, 5) is 0.485. The fraction of sp³-hybridized carbons (Fsp3) is 0.250. The molecule has 2 rings (SSSR count). The van der Waals surface area contributed by atoms with Gasteiger partial charge in [0.25, 0.3) is 5.76 Å². The van der Waals surface area contributed by atoms with Crippen LogP contribution in [0.2, 0.25) is 0 Å². The van der Waals surface area contributed by atoms with Crippen LogP contribution in [0.3, 0.4) is 0 Å². The molecule has 0 aromatic heterocycles. The number of halogens is 2. The van der Waals surface area contributed by atoms with Crippen LogP contribution in [0, 0.1) is 0 Å². The van der Waals surface area contributed by atoms with Crippen LogP contribution in [0.5, 0.6) is 11.5 Å². The molecule has 0 spiro atoms. The molecule has 0 aliphatic carbocycles. The van der Waals surface area contributed by atoms with Crippen molar-refractivity contribution in [3.63, 3.8) is 0 Å². The van der Waals surface area contributed by atoms with Gasteiger partial charge >= 0.3 is 0 Å². The minimum Gasteiger partial charge on any atom is -0.454 e. The van der Waals surface area contributed by atoms with Gasteiger partial charge in [-0.1, -0.05) is 11.8 Å². The third-order valence-corrected chi connectivity index (χ3v) is 2.27. The number of hydrogen-bond acceptors (Lipinski definition) is 3. The molecule has 13 heavy (non-hydrogen) atoms. The molecule has 0 unspecified atom stereocenters. The van der Waals surface area contributed by atoms with E-state index >= 15 is 0 Å². The van der Waals surface area contributed by atoms with E-state index in [4.69, 9.17) is 9.47 Å². The first-order valence-corrected chi connectivity index (χ1v) is 4.48. The van der Waals surface area contributed by atoms with Gasteiger partial charge in [0.15, 0.2) is 11.5 Å². The maximum atomic E-state index is 12.0. The van der Waals surface area contributed by atoms with Crippen molar-refractivity contribution < 1.29 is 18.3 Å². The lowest BCUT2D eigenvalue weighted by Crippen LogP contribution is -1.92. The Morgan fingerprint density at radius 2 is 2.00 bits per heavy atom. The van der Waals surface area contributed by atoms with E-state index in [0.29, 0.717) is 28.2 Å². The number of fused-ring (bicyclic) bond motifs is 1. The Hall–Kier alpha value is -0.970. The lowest BCUT2D eigenvalue weighted by atomic mass is 10.3. The first-order chi connectivity index (χ1) is 6.25. The third-order valence-electron chi connectivity index (χ3n) is 1.57. The summed E-state index contributed by atoms with van der Waals surface area (Å²) in [5, 5.41) is 0. The van der Waals surface area contributed by atoms with E-state index < -0.39 is 5.76 Å². The first kappa shape index (κ1) is 8.62. The highest BCUT2D eigenvalue weighted by Gasteiger charge is 2.14. The molecule has 5 heteroatoms. The van der Waals surface area contributed by atoms with E-state index in [1.807, 2.05) is 0 Å². The van der Waals surface area contributed by atoms with Gasteiger partial charge in [-0.3, -0.25) is 0 Å². The Morgan fingerprint density at radius 1 is 1.23 bits per heavy atom. The number of ether oxygens (including phenoxy) is 2. The molecule has 1 aliphatic rings. The quantitative estimate of drug-likeness (QED) is 0.690. The number of rotatable bonds is 2. The Labute approximate surface area is 77.8 Å². The molecule has 0 saturated carbocycles. The fourth-order valence-electron chi connectivity index (χ4n) is 1.05. The van der Waals surface area contributed by atoms with Crippen molar-refractivity contribution in [3.05, 3.63) is 18.2 Å². The molecule has 0 radical (unpaired) electrons. The monoisotopic (exact) mass is 204 g/mol. The lowest BCUT2D eigenvalue weighted by Gasteiger charge is -2.00. The third kappa shape index (κ3) is 1.85. The van der Waals surface area contributed by atoms with Gasteiger partial charge in [-0.25, -0.2) is 0 Å². The molecule has 1 aromatic carbocycles. The normalized spacial score (nSPS) is 13.8. The van der Waals surface area contributed by atoms with Crippen molar-refractivity contribution in [2.24, 2.45) is 0 Å². The van der Waals surface area contributed by atoms with E-state index in [-0.39, 0.29) is 6.79 Å². The zero-order chi connectivity index (χ0) is 9.26. The molecular weight excluding hydrogens is 198 g/mol. The van der Waals surface area contributed by atoms with Crippen LogP contribution in [-0.4, -0.2) is 12.6 Å². The Kier molecular flexibility index (Phi) is 2.26. The highest BCUT2D eigenvalue weighted by atomic mass is 32.2. The van der Waals surface area contributed by atoms with E-state index in [9.17, 15) is 8.78 Å². The number of thioether (sulfide) groups is 1. The standard InChI is InChI=1S/C8H6F2O2S/c9-8(10)13-5-1-2-6-7(3-5)12-4-11-6/h1-3,8H,4H2. The van der Waals surface area contributed by atoms with Gasteiger partial charge < -0.3 is 9.47 Å². The van der Waals surface area contributed by atoms with Crippen LogP contribution in [0.4, 0.5) is 8.78 Å². The second kappa shape index (κ2) is 3.41. The summed E-state index contributed by atoms with van der Waals surface area (Å²) in [6, 6.07) is 4.77. The van der Waals surface area contributed by atoms with Crippen LogP contribution >= 0.6 is 11.8 Å². The molecule has 0 bridgehead atoms. The van der Waals surface area contributed by atoms with Crippen LogP contribution in [0.25, 0.3) is 0 Å². The van der Waals surface area contributed by atoms with Crippen molar-refractivity contribution in [3.8, 4) is 11.5 Å². The number of hydrogen-bond donors (Lipinski definition) is 0. The van der Waals surface area contributed by atoms with Crippen LogP contribution in [0.15, 0.2) is 23.1 Å². The topological polar surface area (TPSA) is 18.5 Å². The van der Waals surface area contributed by atoms with E-state index in [0.717, 1.165) is 0 Å². The highest BCUT2D eigenvalue weighted by Crippen LogP contribution is 2.36. The van der Waals surface area contributed by atoms with E-state index in [1.165, 1.54) is 0 Å². The molecular formula is C8H6F2O2S. The van der Waals surface area contributed by atoms with Gasteiger partial charge in [0.1, 0.15) is 0 Å². The highest BCUT2D eigenvalue weighted by molar-refractivity contribution is 7.99. The Bertz CT molecular complexity index is 317. The molecule has 2 nitrogen and oxygen atoms in total. The number of alkyl halides is 2. The molecule has 0 amide bonds. The van der Waals surface area contributed by atoms with Crippen molar-refractivity contribution in [2.75, 3.05) is 6.79 Å².